The van der Waals surface area contributed by atoms with E-state index in [4.69, 9.17) is 4.74 Å². The van der Waals surface area contributed by atoms with Gasteiger partial charge in [0.05, 0.1) is 11.8 Å². The second-order valence-electron chi connectivity index (χ2n) is 5.91. The first-order chi connectivity index (χ1) is 9.33. The summed E-state index contributed by atoms with van der Waals surface area (Å²) in [5.74, 6) is 8.24. The van der Waals surface area contributed by atoms with Crippen LogP contribution < -0.4 is 0 Å². The Kier molecular flexibility index (Phi) is 2.41. The van der Waals surface area contributed by atoms with Crippen molar-refractivity contribution in [1.82, 2.24) is 0 Å². The number of fused-ring (bicyclic) bond motifs is 1. The fraction of sp³-hybridized carbons (Fsp3) is 0.471. The molecule has 2 heteroatoms. The van der Waals surface area contributed by atoms with Gasteiger partial charge < -0.3 is 4.74 Å². The molecule has 1 aromatic rings. The van der Waals surface area contributed by atoms with E-state index in [1.165, 1.54) is 5.56 Å². The van der Waals surface area contributed by atoms with Crippen molar-refractivity contribution < 1.29 is 9.53 Å². The maximum Gasteiger partial charge on any atom is 0.309 e. The zero-order valence-corrected chi connectivity index (χ0v) is 10.7. The Bertz CT molecular complexity index is 566. The molecule has 0 N–H and O–H groups in total. The van der Waals surface area contributed by atoms with Crippen LogP contribution in [0.15, 0.2) is 30.3 Å². The summed E-state index contributed by atoms with van der Waals surface area (Å²) in [6.07, 6.45) is 3.04. The highest BCUT2D eigenvalue weighted by molar-refractivity contribution is 5.76. The molecule has 0 radical (unpaired) electrons. The summed E-state index contributed by atoms with van der Waals surface area (Å²) in [7, 11) is 0. The van der Waals surface area contributed by atoms with E-state index >= 15 is 0 Å². The van der Waals surface area contributed by atoms with Gasteiger partial charge in [0, 0.05) is 12.3 Å². The smallest absolute Gasteiger partial charge is 0.309 e. The molecule has 3 fully saturated rings. The largest absolute Gasteiger partial charge is 0.460 e. The van der Waals surface area contributed by atoms with Crippen molar-refractivity contribution >= 4 is 5.97 Å². The standard InChI is InChI=1S/C17H16O2/c18-17-15-10-12-9-14(15)16(19-17)13(12)8-4-7-11-5-2-1-3-6-11/h1-3,5-6,12-16H,7,9-10H2/t12-,13-,14+,15-,16+/m1/s1. The first-order valence-electron chi connectivity index (χ1n) is 7.06. The molecule has 1 heterocycles. The number of hydrogen-bond donors (Lipinski definition) is 0. The van der Waals surface area contributed by atoms with E-state index < -0.39 is 0 Å². The van der Waals surface area contributed by atoms with Gasteiger partial charge in [-0.05, 0) is 24.3 Å². The second-order valence-corrected chi connectivity index (χ2v) is 5.91. The fourth-order valence-corrected chi connectivity index (χ4v) is 4.02. The van der Waals surface area contributed by atoms with Gasteiger partial charge in [0.1, 0.15) is 6.10 Å². The van der Waals surface area contributed by atoms with Crippen LogP contribution in [-0.4, -0.2) is 12.1 Å². The lowest BCUT2D eigenvalue weighted by molar-refractivity contribution is -0.143. The molecule has 19 heavy (non-hydrogen) atoms. The van der Waals surface area contributed by atoms with Crippen LogP contribution in [0.25, 0.3) is 0 Å². The molecule has 4 rings (SSSR count). The highest BCUT2D eigenvalue weighted by Crippen LogP contribution is 2.57. The van der Waals surface area contributed by atoms with Crippen LogP contribution in [0.4, 0.5) is 0 Å². The SMILES string of the molecule is O=C1O[C@H]2[C@H](C#CCc3ccccc3)[C@@H]3C[C@H]2[C@H]1C3. The van der Waals surface area contributed by atoms with Crippen LogP contribution in [-0.2, 0) is 16.0 Å². The molecule has 1 aromatic carbocycles. The summed E-state index contributed by atoms with van der Waals surface area (Å²) in [6.45, 7) is 0. The summed E-state index contributed by atoms with van der Waals surface area (Å²) in [6, 6.07) is 10.3. The van der Waals surface area contributed by atoms with Gasteiger partial charge in [-0.25, -0.2) is 0 Å². The summed E-state index contributed by atoms with van der Waals surface area (Å²) < 4.78 is 5.51. The van der Waals surface area contributed by atoms with Crippen molar-refractivity contribution in [3.63, 3.8) is 0 Å². The molecule has 96 valence electrons. The number of carbonyl (C=O) groups is 1. The average molecular weight is 252 g/mol. The Balaban J connectivity index is 1.49. The Morgan fingerprint density at radius 1 is 1.21 bits per heavy atom. The molecule has 1 saturated heterocycles. The Hall–Kier alpha value is -1.75. The van der Waals surface area contributed by atoms with E-state index in [1.807, 2.05) is 18.2 Å². The van der Waals surface area contributed by atoms with Crippen LogP contribution in [0.1, 0.15) is 18.4 Å². The molecule has 2 nitrogen and oxygen atoms in total. The van der Waals surface area contributed by atoms with E-state index in [0.717, 1.165) is 19.3 Å². The minimum atomic E-state index is 0.0323. The predicted octanol–water partition coefficient (Wildman–Crippen LogP) is 2.43. The monoisotopic (exact) mass is 252 g/mol. The molecular weight excluding hydrogens is 236 g/mol. The number of carbonyl (C=O) groups excluding carboxylic acids is 1. The zero-order valence-electron chi connectivity index (χ0n) is 10.7. The molecule has 2 saturated carbocycles. The van der Waals surface area contributed by atoms with Crippen LogP contribution in [0.5, 0.6) is 0 Å². The lowest BCUT2D eigenvalue weighted by atomic mass is 9.82. The normalized spacial score (nSPS) is 37.9. The van der Waals surface area contributed by atoms with Crippen molar-refractivity contribution in [1.29, 1.82) is 0 Å². The lowest BCUT2D eigenvalue weighted by Gasteiger charge is -2.20. The number of esters is 1. The third kappa shape index (κ3) is 1.69. The highest BCUT2D eigenvalue weighted by atomic mass is 16.6. The lowest BCUT2D eigenvalue weighted by Crippen LogP contribution is -2.25. The predicted molar refractivity (Wildman–Crippen MR) is 71.0 cm³/mol. The van der Waals surface area contributed by atoms with Crippen LogP contribution in [0, 0.1) is 35.5 Å². The molecule has 1 aliphatic heterocycles. The number of rotatable bonds is 1. The molecule has 2 aliphatic carbocycles. The van der Waals surface area contributed by atoms with Gasteiger partial charge in [-0.1, -0.05) is 42.2 Å². The number of hydrogen-bond acceptors (Lipinski definition) is 2. The van der Waals surface area contributed by atoms with Crippen molar-refractivity contribution in [3.05, 3.63) is 35.9 Å². The molecule has 3 aliphatic rings. The average Bonchev–Trinajstić information content (AvgIpc) is 3.04. The molecule has 2 bridgehead atoms. The van der Waals surface area contributed by atoms with Crippen molar-refractivity contribution in [3.8, 4) is 11.8 Å². The van der Waals surface area contributed by atoms with Gasteiger partial charge in [-0.15, -0.1) is 0 Å². The van der Waals surface area contributed by atoms with Gasteiger partial charge in [0.2, 0.25) is 0 Å². The first-order valence-corrected chi connectivity index (χ1v) is 7.06. The third-order valence-electron chi connectivity index (χ3n) is 4.89. The second kappa shape index (κ2) is 4.13. The topological polar surface area (TPSA) is 26.3 Å². The number of benzene rings is 1. The maximum atomic E-state index is 11.7. The minimum absolute atomic E-state index is 0.0323. The van der Waals surface area contributed by atoms with Crippen LogP contribution in [0.3, 0.4) is 0 Å². The Morgan fingerprint density at radius 3 is 2.89 bits per heavy atom. The third-order valence-corrected chi connectivity index (χ3v) is 4.89. The van der Waals surface area contributed by atoms with Gasteiger partial charge in [0.25, 0.3) is 0 Å². The Labute approximate surface area is 113 Å². The van der Waals surface area contributed by atoms with Crippen LogP contribution >= 0.6 is 0 Å². The quantitative estimate of drug-likeness (QED) is 0.567. The summed E-state index contributed by atoms with van der Waals surface area (Å²) in [4.78, 5) is 11.7. The van der Waals surface area contributed by atoms with Gasteiger partial charge in [-0.3, -0.25) is 4.79 Å². The first kappa shape index (κ1) is 11.1. The van der Waals surface area contributed by atoms with Gasteiger partial charge >= 0.3 is 5.97 Å². The highest BCUT2D eigenvalue weighted by Gasteiger charge is 2.61. The molecule has 0 aromatic heterocycles. The van der Waals surface area contributed by atoms with Crippen molar-refractivity contribution in [2.75, 3.05) is 0 Å². The summed E-state index contributed by atoms with van der Waals surface area (Å²) in [5, 5.41) is 0. The molecular formula is C17H16O2. The molecule has 0 spiro atoms. The Morgan fingerprint density at radius 2 is 2.05 bits per heavy atom. The number of ether oxygens (including phenoxy) is 1. The maximum absolute atomic E-state index is 11.7. The van der Waals surface area contributed by atoms with Crippen molar-refractivity contribution in [2.45, 2.75) is 25.4 Å². The molecule has 0 amide bonds. The molecule has 5 atom stereocenters. The van der Waals surface area contributed by atoms with Crippen molar-refractivity contribution in [2.24, 2.45) is 23.7 Å². The van der Waals surface area contributed by atoms with E-state index in [9.17, 15) is 4.79 Å². The van der Waals surface area contributed by atoms with E-state index in [1.54, 1.807) is 0 Å². The van der Waals surface area contributed by atoms with Gasteiger partial charge in [-0.2, -0.15) is 0 Å². The zero-order chi connectivity index (χ0) is 12.8. The van der Waals surface area contributed by atoms with Crippen LogP contribution in [0.2, 0.25) is 0 Å². The fourth-order valence-electron chi connectivity index (χ4n) is 4.02. The van der Waals surface area contributed by atoms with Gasteiger partial charge in [0.15, 0.2) is 0 Å². The summed E-state index contributed by atoms with van der Waals surface area (Å²) >= 11 is 0. The molecule has 0 unspecified atom stereocenters. The summed E-state index contributed by atoms with van der Waals surface area (Å²) in [5.41, 5.74) is 1.25. The minimum Gasteiger partial charge on any atom is -0.460 e. The van der Waals surface area contributed by atoms with E-state index in [2.05, 4.69) is 24.0 Å². The van der Waals surface area contributed by atoms with E-state index in [0.29, 0.717) is 11.8 Å². The van der Waals surface area contributed by atoms with E-state index in [-0.39, 0.29) is 23.9 Å².